The molecule has 15 heavy (non-hydrogen) atoms. The van der Waals surface area contributed by atoms with Crippen molar-refractivity contribution in [3.05, 3.63) is 40.4 Å². The van der Waals surface area contributed by atoms with Crippen molar-refractivity contribution in [3.8, 4) is 0 Å². The lowest BCUT2D eigenvalue weighted by molar-refractivity contribution is -0.112. The second kappa shape index (κ2) is 4.89. The van der Waals surface area contributed by atoms with Crippen molar-refractivity contribution in [2.24, 2.45) is 5.73 Å². The third-order valence-corrected chi connectivity index (χ3v) is 2.46. The van der Waals surface area contributed by atoms with E-state index in [1.165, 1.54) is 6.20 Å². The van der Waals surface area contributed by atoms with Gasteiger partial charge in [0.2, 0.25) is 0 Å². The fourth-order valence-corrected chi connectivity index (χ4v) is 1.32. The van der Waals surface area contributed by atoms with Gasteiger partial charge in [-0.05, 0) is 25.0 Å². The third-order valence-electron chi connectivity index (χ3n) is 2.11. The summed E-state index contributed by atoms with van der Waals surface area (Å²) < 4.78 is 0. The zero-order valence-electron chi connectivity index (χ0n) is 8.74. The van der Waals surface area contributed by atoms with Crippen molar-refractivity contribution < 1.29 is 4.79 Å². The van der Waals surface area contributed by atoms with Crippen molar-refractivity contribution in [2.45, 2.75) is 13.8 Å². The number of amides is 1. The lowest BCUT2D eigenvalue weighted by Gasteiger charge is -2.10. The van der Waals surface area contributed by atoms with E-state index in [4.69, 9.17) is 5.73 Å². The molecule has 1 rings (SSSR count). The average molecular weight is 222 g/mol. The summed E-state index contributed by atoms with van der Waals surface area (Å²) in [6.45, 7) is 3.87. The molecule has 0 aliphatic heterocycles. The van der Waals surface area contributed by atoms with Crippen LogP contribution in [0.4, 0.5) is 5.69 Å². The molecule has 0 aliphatic rings. The summed E-state index contributed by atoms with van der Waals surface area (Å²) in [7, 11) is 0. The van der Waals surface area contributed by atoms with E-state index < -0.39 is 0 Å². The van der Waals surface area contributed by atoms with Gasteiger partial charge in [0.25, 0.3) is 5.91 Å². The van der Waals surface area contributed by atoms with Crippen molar-refractivity contribution in [1.82, 2.24) is 0 Å². The Morgan fingerprint density at radius 2 is 1.93 bits per heavy atom. The van der Waals surface area contributed by atoms with E-state index in [0.717, 1.165) is 16.8 Å². The first-order chi connectivity index (χ1) is 7.06. The van der Waals surface area contributed by atoms with Gasteiger partial charge in [0.1, 0.15) is 0 Å². The number of thiol groups is 1. The highest BCUT2D eigenvalue weighted by Gasteiger charge is 2.08. The van der Waals surface area contributed by atoms with Gasteiger partial charge in [-0.2, -0.15) is 0 Å². The summed E-state index contributed by atoms with van der Waals surface area (Å²) in [5, 5.41) is 2.77. The van der Waals surface area contributed by atoms with Gasteiger partial charge in [-0.25, -0.2) is 0 Å². The minimum Gasteiger partial charge on any atom is -0.404 e. The van der Waals surface area contributed by atoms with Crippen LogP contribution in [0.1, 0.15) is 11.1 Å². The first-order valence-electron chi connectivity index (χ1n) is 4.54. The summed E-state index contributed by atoms with van der Waals surface area (Å²) in [4.78, 5) is 11.7. The zero-order chi connectivity index (χ0) is 11.4. The van der Waals surface area contributed by atoms with Crippen molar-refractivity contribution >= 4 is 24.2 Å². The average Bonchev–Trinajstić information content (AvgIpc) is 2.22. The summed E-state index contributed by atoms with van der Waals surface area (Å²) in [5.41, 5.74) is 8.05. The summed E-state index contributed by atoms with van der Waals surface area (Å²) in [6.07, 6.45) is 1.17. The molecule has 0 radical (unpaired) electrons. The van der Waals surface area contributed by atoms with Gasteiger partial charge in [0.15, 0.2) is 0 Å². The number of hydrogen-bond acceptors (Lipinski definition) is 3. The molecular formula is C11H14N2OS. The molecule has 0 atom stereocenters. The van der Waals surface area contributed by atoms with Gasteiger partial charge in [0.05, 0.1) is 4.91 Å². The summed E-state index contributed by atoms with van der Waals surface area (Å²) in [6, 6.07) is 5.82. The maximum atomic E-state index is 11.5. The zero-order valence-corrected chi connectivity index (χ0v) is 9.64. The Morgan fingerprint density at radius 1 is 1.40 bits per heavy atom. The fourth-order valence-electron chi connectivity index (χ4n) is 1.26. The van der Waals surface area contributed by atoms with Crippen LogP contribution in [0.25, 0.3) is 0 Å². The first-order valence-corrected chi connectivity index (χ1v) is 4.99. The van der Waals surface area contributed by atoms with Crippen LogP contribution in [0.2, 0.25) is 0 Å². The van der Waals surface area contributed by atoms with E-state index in [-0.39, 0.29) is 10.8 Å². The SMILES string of the molecule is Cc1cccc(C)c1NC(=O)/C(S)=C/N. The molecule has 3 nitrogen and oxygen atoms in total. The normalized spacial score (nSPS) is 11.3. The molecule has 80 valence electrons. The van der Waals surface area contributed by atoms with Crippen molar-refractivity contribution in [3.63, 3.8) is 0 Å². The molecular weight excluding hydrogens is 208 g/mol. The molecule has 4 heteroatoms. The number of para-hydroxylation sites is 1. The molecule has 0 bridgehead atoms. The van der Waals surface area contributed by atoms with E-state index in [1.807, 2.05) is 32.0 Å². The summed E-state index contributed by atoms with van der Waals surface area (Å²) in [5.74, 6) is -0.293. The number of rotatable bonds is 2. The van der Waals surface area contributed by atoms with Crippen molar-refractivity contribution in [1.29, 1.82) is 0 Å². The molecule has 1 amide bonds. The van der Waals surface area contributed by atoms with Crippen LogP contribution < -0.4 is 11.1 Å². The molecule has 1 aromatic rings. The molecule has 0 fully saturated rings. The van der Waals surface area contributed by atoms with Gasteiger partial charge < -0.3 is 11.1 Å². The summed E-state index contributed by atoms with van der Waals surface area (Å²) >= 11 is 3.95. The van der Waals surface area contributed by atoms with E-state index >= 15 is 0 Å². The van der Waals surface area contributed by atoms with Gasteiger partial charge in [0, 0.05) is 11.9 Å². The Morgan fingerprint density at radius 3 is 2.40 bits per heavy atom. The lowest BCUT2D eigenvalue weighted by Crippen LogP contribution is -2.14. The van der Waals surface area contributed by atoms with Crippen LogP contribution in [0.5, 0.6) is 0 Å². The number of carbonyl (C=O) groups is 1. The minimum absolute atomic E-state index is 0.206. The van der Waals surface area contributed by atoms with Gasteiger partial charge in [-0.3, -0.25) is 4.79 Å². The number of nitrogens with two attached hydrogens (primary N) is 1. The molecule has 0 saturated carbocycles. The molecule has 3 N–H and O–H groups in total. The van der Waals surface area contributed by atoms with E-state index in [0.29, 0.717) is 0 Å². The smallest absolute Gasteiger partial charge is 0.263 e. The monoisotopic (exact) mass is 222 g/mol. The topological polar surface area (TPSA) is 55.1 Å². The van der Waals surface area contributed by atoms with Crippen LogP contribution in [-0.4, -0.2) is 5.91 Å². The minimum atomic E-state index is -0.293. The van der Waals surface area contributed by atoms with E-state index in [9.17, 15) is 4.79 Å². The second-order valence-corrected chi connectivity index (χ2v) is 3.75. The van der Waals surface area contributed by atoms with E-state index in [1.54, 1.807) is 0 Å². The maximum absolute atomic E-state index is 11.5. The highest BCUT2D eigenvalue weighted by Crippen LogP contribution is 2.20. The molecule has 0 aliphatic carbocycles. The van der Waals surface area contributed by atoms with Gasteiger partial charge in [-0.1, -0.05) is 18.2 Å². The van der Waals surface area contributed by atoms with Crippen LogP contribution >= 0.6 is 12.6 Å². The van der Waals surface area contributed by atoms with Crippen LogP contribution in [0.3, 0.4) is 0 Å². The van der Waals surface area contributed by atoms with Crippen LogP contribution in [-0.2, 0) is 4.79 Å². The van der Waals surface area contributed by atoms with E-state index in [2.05, 4.69) is 17.9 Å². The first kappa shape index (κ1) is 11.7. The number of hydrogen-bond donors (Lipinski definition) is 3. The molecule has 0 aromatic heterocycles. The number of anilines is 1. The fraction of sp³-hybridized carbons (Fsp3) is 0.182. The maximum Gasteiger partial charge on any atom is 0.263 e. The van der Waals surface area contributed by atoms with Crippen LogP contribution in [0.15, 0.2) is 29.3 Å². The predicted molar refractivity (Wildman–Crippen MR) is 65.8 cm³/mol. The Labute approximate surface area is 94.8 Å². The van der Waals surface area contributed by atoms with Crippen molar-refractivity contribution in [2.75, 3.05) is 5.32 Å². The highest BCUT2D eigenvalue weighted by atomic mass is 32.1. The number of aryl methyl sites for hydroxylation is 2. The molecule has 0 heterocycles. The Kier molecular flexibility index (Phi) is 3.80. The van der Waals surface area contributed by atoms with Crippen LogP contribution in [0, 0.1) is 13.8 Å². The molecule has 0 unspecified atom stereocenters. The second-order valence-electron chi connectivity index (χ2n) is 3.27. The standard InChI is InChI=1S/C11H14N2OS/c1-7-4-3-5-8(2)10(7)13-11(14)9(15)6-12/h3-6,15H,12H2,1-2H3,(H,13,14)/b9-6-. The Hall–Kier alpha value is -1.42. The molecule has 1 aromatic carbocycles. The number of nitrogens with one attached hydrogen (secondary N) is 1. The number of benzene rings is 1. The lowest BCUT2D eigenvalue weighted by atomic mass is 10.1. The number of carbonyl (C=O) groups excluding carboxylic acids is 1. The predicted octanol–water partition coefficient (Wildman–Crippen LogP) is 1.97. The Balaban J connectivity index is 2.95. The highest BCUT2D eigenvalue weighted by molar-refractivity contribution is 7.85. The molecule has 0 saturated heterocycles. The largest absolute Gasteiger partial charge is 0.404 e. The van der Waals surface area contributed by atoms with Gasteiger partial charge >= 0.3 is 0 Å². The molecule has 0 spiro atoms. The Bertz CT molecular complexity index is 393. The third kappa shape index (κ3) is 2.76. The van der Waals surface area contributed by atoms with Gasteiger partial charge in [-0.15, -0.1) is 12.6 Å². The quantitative estimate of drug-likeness (QED) is 0.529.